The first-order chi connectivity index (χ1) is 16.7. The Kier molecular flexibility index (Phi) is 4.79. The standard InChI is InChI=1S/C33H32NO/c1-20-11-15-26-27-16-14-23-13-12-22-9-7-8-10-25(22)30(23)32(27)35-31(26)29(20)28-17-24(18-33(3,4)5)21(2)19-34(28)6/h7-17,19H,18H2,1-6H3/q+1. The first-order valence-electron chi connectivity index (χ1n) is 12.5. The highest BCUT2D eigenvalue weighted by Gasteiger charge is 2.24. The Morgan fingerprint density at radius 1 is 0.743 bits per heavy atom. The maximum absolute atomic E-state index is 6.85. The summed E-state index contributed by atoms with van der Waals surface area (Å²) in [7, 11) is 2.15. The lowest BCUT2D eigenvalue weighted by molar-refractivity contribution is -0.660. The van der Waals surface area contributed by atoms with Crippen molar-refractivity contribution in [1.29, 1.82) is 0 Å². The summed E-state index contributed by atoms with van der Waals surface area (Å²) in [6, 6.07) is 24.3. The van der Waals surface area contributed by atoms with Crippen molar-refractivity contribution in [2.45, 2.75) is 41.0 Å². The molecule has 2 heteroatoms. The molecule has 0 saturated heterocycles. The lowest BCUT2D eigenvalue weighted by Crippen LogP contribution is -2.32. The molecule has 0 amide bonds. The molecule has 0 aliphatic rings. The topological polar surface area (TPSA) is 17.0 Å². The molecule has 6 rings (SSSR count). The van der Waals surface area contributed by atoms with Crippen LogP contribution in [-0.2, 0) is 13.5 Å². The molecule has 0 aliphatic heterocycles. The minimum atomic E-state index is 0.225. The summed E-state index contributed by atoms with van der Waals surface area (Å²) in [4.78, 5) is 0. The number of fused-ring (bicyclic) bond motifs is 7. The van der Waals surface area contributed by atoms with Gasteiger partial charge in [-0.25, -0.2) is 4.57 Å². The van der Waals surface area contributed by atoms with Gasteiger partial charge in [0.2, 0.25) is 5.69 Å². The second-order valence-corrected chi connectivity index (χ2v) is 11.3. The second-order valence-electron chi connectivity index (χ2n) is 11.3. The van der Waals surface area contributed by atoms with E-state index in [-0.39, 0.29) is 5.41 Å². The Hall–Kier alpha value is -3.65. The highest BCUT2D eigenvalue weighted by molar-refractivity contribution is 6.23. The number of aryl methyl sites for hydroxylation is 3. The maximum Gasteiger partial charge on any atom is 0.216 e. The first kappa shape index (κ1) is 21.9. The van der Waals surface area contributed by atoms with Crippen molar-refractivity contribution in [2.24, 2.45) is 12.5 Å². The Balaban J connectivity index is 1.71. The number of rotatable bonds is 2. The molecule has 174 valence electrons. The summed E-state index contributed by atoms with van der Waals surface area (Å²) in [6.45, 7) is 11.3. The van der Waals surface area contributed by atoms with Crippen molar-refractivity contribution in [2.75, 3.05) is 0 Å². The summed E-state index contributed by atoms with van der Waals surface area (Å²) in [5.41, 5.74) is 8.52. The predicted molar refractivity (Wildman–Crippen MR) is 148 cm³/mol. The normalized spacial score (nSPS) is 12.4. The van der Waals surface area contributed by atoms with Gasteiger partial charge in [0.25, 0.3) is 0 Å². The van der Waals surface area contributed by atoms with Crippen molar-refractivity contribution in [3.05, 3.63) is 89.6 Å². The van der Waals surface area contributed by atoms with Gasteiger partial charge in [-0.3, -0.25) is 0 Å². The molecule has 0 aliphatic carbocycles. The number of hydrogen-bond donors (Lipinski definition) is 0. The SMILES string of the molecule is Cc1c[n+](C)c(-c2c(C)ccc3c2oc2c3ccc3ccc4ccccc4c32)cc1CC(C)(C)C. The van der Waals surface area contributed by atoms with Crippen LogP contribution in [0.25, 0.3) is 54.7 Å². The molecule has 0 N–H and O–H groups in total. The summed E-state index contributed by atoms with van der Waals surface area (Å²) >= 11 is 0. The number of pyridine rings is 1. The number of nitrogens with zero attached hydrogens (tertiary/aromatic N) is 1. The molecule has 2 aromatic heterocycles. The quantitative estimate of drug-likeness (QED) is 0.187. The van der Waals surface area contributed by atoms with E-state index in [9.17, 15) is 0 Å². The molecule has 35 heavy (non-hydrogen) atoms. The Morgan fingerprint density at radius 2 is 1.43 bits per heavy atom. The van der Waals surface area contributed by atoms with Crippen LogP contribution >= 0.6 is 0 Å². The van der Waals surface area contributed by atoms with Crippen LogP contribution in [0, 0.1) is 19.3 Å². The largest absolute Gasteiger partial charge is 0.454 e. The predicted octanol–water partition coefficient (Wildman–Crippen LogP) is 8.59. The third kappa shape index (κ3) is 3.51. The molecule has 2 nitrogen and oxygen atoms in total. The van der Waals surface area contributed by atoms with E-state index < -0.39 is 0 Å². The van der Waals surface area contributed by atoms with Crippen LogP contribution in [0.15, 0.2) is 77.3 Å². The van der Waals surface area contributed by atoms with Crippen LogP contribution < -0.4 is 4.57 Å². The van der Waals surface area contributed by atoms with E-state index in [4.69, 9.17) is 4.42 Å². The smallest absolute Gasteiger partial charge is 0.216 e. The lowest BCUT2D eigenvalue weighted by Gasteiger charge is -2.19. The average Bonchev–Trinajstić information content (AvgIpc) is 3.19. The van der Waals surface area contributed by atoms with Gasteiger partial charge in [0.05, 0.1) is 5.56 Å². The Labute approximate surface area is 206 Å². The van der Waals surface area contributed by atoms with Gasteiger partial charge in [0, 0.05) is 27.8 Å². The fraction of sp³-hybridized carbons (Fsp3) is 0.242. The number of furan rings is 1. The number of hydrogen-bond acceptors (Lipinski definition) is 1. The number of benzene rings is 4. The zero-order valence-electron chi connectivity index (χ0n) is 21.5. The molecule has 0 spiro atoms. The van der Waals surface area contributed by atoms with Crippen molar-refractivity contribution < 1.29 is 8.98 Å². The molecule has 6 aromatic rings. The molecule has 0 fully saturated rings. The monoisotopic (exact) mass is 458 g/mol. The van der Waals surface area contributed by atoms with Crippen molar-refractivity contribution in [1.82, 2.24) is 0 Å². The molecular weight excluding hydrogens is 426 g/mol. The molecule has 0 bridgehead atoms. The van der Waals surface area contributed by atoms with E-state index in [1.54, 1.807) is 0 Å². The van der Waals surface area contributed by atoms with Gasteiger partial charge in [-0.2, -0.15) is 0 Å². The van der Waals surface area contributed by atoms with E-state index in [0.717, 1.165) is 17.6 Å². The van der Waals surface area contributed by atoms with E-state index in [1.807, 2.05) is 0 Å². The summed E-state index contributed by atoms with van der Waals surface area (Å²) in [6.07, 6.45) is 3.30. The van der Waals surface area contributed by atoms with Gasteiger partial charge in [-0.05, 0) is 59.0 Å². The van der Waals surface area contributed by atoms with Gasteiger partial charge >= 0.3 is 0 Å². The molecular formula is C33H32NO+. The third-order valence-corrected chi connectivity index (χ3v) is 7.28. The lowest BCUT2D eigenvalue weighted by atomic mass is 9.86. The highest BCUT2D eigenvalue weighted by Crippen LogP contribution is 2.41. The van der Waals surface area contributed by atoms with Crippen LogP contribution in [0.4, 0.5) is 0 Å². The Bertz CT molecular complexity index is 1780. The number of aromatic nitrogens is 1. The minimum Gasteiger partial charge on any atom is -0.454 e. The molecule has 4 aromatic carbocycles. The average molecular weight is 459 g/mol. The maximum atomic E-state index is 6.85. The van der Waals surface area contributed by atoms with E-state index in [1.165, 1.54) is 60.3 Å². The van der Waals surface area contributed by atoms with Gasteiger partial charge in [0.15, 0.2) is 6.20 Å². The molecule has 0 atom stereocenters. The van der Waals surface area contributed by atoms with Crippen LogP contribution in [-0.4, -0.2) is 0 Å². The van der Waals surface area contributed by atoms with Gasteiger partial charge in [0.1, 0.15) is 18.2 Å². The van der Waals surface area contributed by atoms with Gasteiger partial charge in [-0.15, -0.1) is 0 Å². The van der Waals surface area contributed by atoms with E-state index >= 15 is 0 Å². The zero-order chi connectivity index (χ0) is 24.5. The van der Waals surface area contributed by atoms with Gasteiger partial charge < -0.3 is 4.42 Å². The van der Waals surface area contributed by atoms with Crippen molar-refractivity contribution in [3.8, 4) is 11.3 Å². The summed E-state index contributed by atoms with van der Waals surface area (Å²) < 4.78 is 9.11. The summed E-state index contributed by atoms with van der Waals surface area (Å²) in [5, 5.41) is 7.23. The third-order valence-electron chi connectivity index (χ3n) is 7.28. The minimum absolute atomic E-state index is 0.225. The summed E-state index contributed by atoms with van der Waals surface area (Å²) in [5.74, 6) is 0. The van der Waals surface area contributed by atoms with E-state index in [2.05, 4.69) is 119 Å². The Morgan fingerprint density at radius 3 is 2.23 bits per heavy atom. The van der Waals surface area contributed by atoms with Crippen molar-refractivity contribution >= 4 is 43.5 Å². The van der Waals surface area contributed by atoms with Gasteiger partial charge in [-0.1, -0.05) is 75.4 Å². The molecule has 0 saturated carbocycles. The van der Waals surface area contributed by atoms with E-state index in [0.29, 0.717) is 0 Å². The fourth-order valence-electron chi connectivity index (χ4n) is 5.64. The fourth-order valence-corrected chi connectivity index (χ4v) is 5.64. The van der Waals surface area contributed by atoms with Crippen LogP contribution in [0.2, 0.25) is 0 Å². The molecule has 2 heterocycles. The van der Waals surface area contributed by atoms with Crippen LogP contribution in [0.3, 0.4) is 0 Å². The highest BCUT2D eigenvalue weighted by atomic mass is 16.3. The van der Waals surface area contributed by atoms with Crippen molar-refractivity contribution in [3.63, 3.8) is 0 Å². The first-order valence-corrected chi connectivity index (χ1v) is 12.5. The second kappa shape index (κ2) is 7.68. The van der Waals surface area contributed by atoms with Crippen LogP contribution in [0.5, 0.6) is 0 Å². The molecule has 0 unspecified atom stereocenters. The zero-order valence-corrected chi connectivity index (χ0v) is 21.5. The molecule has 0 radical (unpaired) electrons. The van der Waals surface area contributed by atoms with Crippen LogP contribution in [0.1, 0.15) is 37.5 Å².